The molecule has 0 spiro atoms. The Morgan fingerprint density at radius 3 is 2.23 bits per heavy atom. The third-order valence-corrected chi connectivity index (χ3v) is 9.53. The molecule has 1 N–H and O–H groups in total. The average Bonchev–Trinajstić information content (AvgIpc) is 3.58. The number of sulfonamides is 1. The smallest absolute Gasteiger partial charge is 0.243 e. The molecule has 0 aliphatic carbocycles. The van der Waals surface area contributed by atoms with Crippen LogP contribution in [-0.2, 0) is 43.7 Å². The van der Waals surface area contributed by atoms with Crippen LogP contribution in [0, 0.1) is 5.82 Å². The van der Waals surface area contributed by atoms with Crippen LogP contribution in [-0.4, -0.2) is 68.8 Å². The van der Waals surface area contributed by atoms with E-state index in [4.69, 9.17) is 4.74 Å². The van der Waals surface area contributed by atoms with Gasteiger partial charge in [-0.15, -0.1) is 0 Å². The van der Waals surface area contributed by atoms with Crippen LogP contribution >= 0.6 is 0 Å². The number of amides is 2. The molecule has 1 saturated heterocycles. The van der Waals surface area contributed by atoms with Gasteiger partial charge in [0.05, 0.1) is 4.90 Å². The van der Waals surface area contributed by atoms with Crippen molar-refractivity contribution < 1.29 is 27.1 Å². The maximum atomic E-state index is 13.8. The molecule has 8 nitrogen and oxygen atoms in total. The van der Waals surface area contributed by atoms with Gasteiger partial charge in [0, 0.05) is 52.7 Å². The quantitative estimate of drug-likeness (QED) is 0.259. The molecule has 1 heterocycles. The average molecular weight is 610 g/mol. The number of nitrogens with one attached hydrogen (secondary N) is 1. The van der Waals surface area contributed by atoms with Crippen LogP contribution in [0.4, 0.5) is 4.39 Å². The lowest BCUT2D eigenvalue weighted by Gasteiger charge is -2.31. The Balaban J connectivity index is 1.53. The van der Waals surface area contributed by atoms with Crippen molar-refractivity contribution >= 4 is 21.8 Å². The van der Waals surface area contributed by atoms with Gasteiger partial charge in [-0.3, -0.25) is 9.59 Å². The summed E-state index contributed by atoms with van der Waals surface area (Å²) in [6.07, 6.45) is 3.16. The number of hydrogen-bond acceptors (Lipinski definition) is 5. The van der Waals surface area contributed by atoms with E-state index in [0.29, 0.717) is 51.1 Å². The lowest BCUT2D eigenvalue weighted by atomic mass is 10.0. The lowest BCUT2D eigenvalue weighted by Crippen LogP contribution is -2.50. The van der Waals surface area contributed by atoms with Crippen LogP contribution in [0.2, 0.25) is 0 Å². The number of halogens is 1. The Bertz CT molecular complexity index is 1430. The molecule has 0 unspecified atom stereocenters. The molecule has 0 radical (unpaired) electrons. The van der Waals surface area contributed by atoms with Crippen LogP contribution in [0.15, 0.2) is 83.8 Å². The molecule has 3 aromatic rings. The van der Waals surface area contributed by atoms with Crippen molar-refractivity contribution in [2.45, 2.75) is 56.0 Å². The van der Waals surface area contributed by atoms with E-state index in [1.165, 1.54) is 16.4 Å². The van der Waals surface area contributed by atoms with E-state index in [1.54, 1.807) is 48.4 Å². The summed E-state index contributed by atoms with van der Waals surface area (Å²) < 4.78 is 46.1. The normalized spacial score (nSPS) is 14.4. The topological polar surface area (TPSA) is 96.0 Å². The summed E-state index contributed by atoms with van der Waals surface area (Å²) in [7, 11) is -1.92. The highest BCUT2D eigenvalue weighted by Crippen LogP contribution is 2.22. The lowest BCUT2D eigenvalue weighted by molar-refractivity contribution is -0.141. The molecule has 0 saturated carbocycles. The Hall–Kier alpha value is -3.60. The van der Waals surface area contributed by atoms with Crippen LogP contribution in [0.1, 0.15) is 42.4 Å². The minimum atomic E-state index is -3.52. The first kappa shape index (κ1) is 32.3. The fourth-order valence-corrected chi connectivity index (χ4v) is 6.70. The Morgan fingerprint density at radius 2 is 1.58 bits per heavy atom. The maximum Gasteiger partial charge on any atom is 0.243 e. The second-order valence-electron chi connectivity index (χ2n) is 10.7. The summed E-state index contributed by atoms with van der Waals surface area (Å²) in [6.45, 7) is 2.11. The second kappa shape index (κ2) is 15.7. The van der Waals surface area contributed by atoms with Crippen LogP contribution in [0.25, 0.3) is 0 Å². The van der Waals surface area contributed by atoms with Crippen molar-refractivity contribution in [3.63, 3.8) is 0 Å². The number of hydrogen-bond donors (Lipinski definition) is 1. The number of aryl methyl sites for hydroxylation is 1. The van der Waals surface area contributed by atoms with E-state index >= 15 is 0 Å². The van der Waals surface area contributed by atoms with Gasteiger partial charge in [0.25, 0.3) is 0 Å². The van der Waals surface area contributed by atoms with Crippen LogP contribution in [0.5, 0.6) is 0 Å². The van der Waals surface area contributed by atoms with E-state index in [-0.39, 0.29) is 35.5 Å². The number of rotatable bonds is 15. The molecule has 0 bridgehead atoms. The second-order valence-corrected chi connectivity index (χ2v) is 12.7. The number of nitrogens with zero attached hydrogens (tertiary/aromatic N) is 2. The van der Waals surface area contributed by atoms with Crippen molar-refractivity contribution in [1.82, 2.24) is 14.5 Å². The molecule has 2 amide bonds. The third kappa shape index (κ3) is 9.19. The predicted molar refractivity (Wildman–Crippen MR) is 163 cm³/mol. The minimum absolute atomic E-state index is 0.113. The van der Waals surface area contributed by atoms with Gasteiger partial charge in [0.15, 0.2) is 0 Å². The van der Waals surface area contributed by atoms with Gasteiger partial charge in [-0.25, -0.2) is 12.8 Å². The Labute approximate surface area is 253 Å². The Kier molecular flexibility index (Phi) is 11.8. The predicted octanol–water partition coefficient (Wildman–Crippen LogP) is 4.34. The molecule has 0 aromatic heterocycles. The molecular weight excluding hydrogens is 569 g/mol. The molecule has 1 aliphatic rings. The van der Waals surface area contributed by atoms with Gasteiger partial charge in [0.1, 0.15) is 11.9 Å². The highest BCUT2D eigenvalue weighted by molar-refractivity contribution is 7.89. The van der Waals surface area contributed by atoms with Gasteiger partial charge in [-0.2, -0.15) is 4.31 Å². The highest BCUT2D eigenvalue weighted by atomic mass is 32.2. The van der Waals surface area contributed by atoms with E-state index < -0.39 is 16.1 Å². The van der Waals surface area contributed by atoms with Crippen molar-refractivity contribution in [3.05, 3.63) is 101 Å². The largest absolute Gasteiger partial charge is 0.385 e. The monoisotopic (exact) mass is 609 g/mol. The molecule has 1 fully saturated rings. The van der Waals surface area contributed by atoms with Crippen molar-refractivity contribution in [3.8, 4) is 0 Å². The number of carbonyl (C=O) groups is 2. The van der Waals surface area contributed by atoms with E-state index in [0.717, 1.165) is 24.0 Å². The van der Waals surface area contributed by atoms with Gasteiger partial charge in [0.2, 0.25) is 21.8 Å². The SMILES string of the molecule is COCCCNC(=O)[C@H](Cc1ccccc1)N(Cc1ccc(F)cc1)C(=O)CCc1ccc(S(=O)(=O)N2CCCC2)cc1. The number of benzene rings is 3. The fraction of sp³-hybridized carbons (Fsp3) is 0.394. The molecule has 4 rings (SSSR count). The highest BCUT2D eigenvalue weighted by Gasteiger charge is 2.30. The zero-order valence-electron chi connectivity index (χ0n) is 24.6. The molecule has 230 valence electrons. The number of ether oxygens (including phenoxy) is 1. The molecular formula is C33H40FN3O5S. The van der Waals surface area contributed by atoms with Crippen molar-refractivity contribution in [1.29, 1.82) is 0 Å². The first-order valence-corrected chi connectivity index (χ1v) is 16.2. The molecule has 3 aromatic carbocycles. The van der Waals surface area contributed by atoms with Gasteiger partial charge < -0.3 is 15.0 Å². The van der Waals surface area contributed by atoms with E-state index in [2.05, 4.69) is 5.32 Å². The fourth-order valence-electron chi connectivity index (χ4n) is 5.19. The molecule has 1 atom stereocenters. The first-order chi connectivity index (χ1) is 20.8. The van der Waals surface area contributed by atoms with Crippen LogP contribution in [0.3, 0.4) is 0 Å². The van der Waals surface area contributed by atoms with Crippen molar-refractivity contribution in [2.24, 2.45) is 0 Å². The van der Waals surface area contributed by atoms with Crippen LogP contribution < -0.4 is 5.32 Å². The van der Waals surface area contributed by atoms with Gasteiger partial charge in [-0.1, -0.05) is 54.6 Å². The summed E-state index contributed by atoms with van der Waals surface area (Å²) in [5.41, 5.74) is 2.43. The zero-order chi connectivity index (χ0) is 30.7. The van der Waals surface area contributed by atoms with Gasteiger partial charge in [-0.05, 0) is 66.6 Å². The van der Waals surface area contributed by atoms with Crippen molar-refractivity contribution in [2.75, 3.05) is 33.4 Å². The summed E-state index contributed by atoms with van der Waals surface area (Å²) in [6, 6.07) is 21.3. The minimum Gasteiger partial charge on any atom is -0.385 e. The molecule has 1 aliphatic heterocycles. The van der Waals surface area contributed by atoms with Gasteiger partial charge >= 0.3 is 0 Å². The standard InChI is InChI=1S/C33H40FN3O5S/c1-42-23-7-20-35-33(39)31(24-27-8-3-2-4-9-27)37(25-28-10-15-29(34)16-11-28)32(38)19-14-26-12-17-30(18-13-26)43(40,41)36-21-5-6-22-36/h2-4,8-13,15-18,31H,5-7,14,19-25H2,1H3,(H,35,39)/t31-/m0/s1. The van der Waals surface area contributed by atoms with E-state index in [1.807, 2.05) is 30.3 Å². The number of carbonyl (C=O) groups excluding carboxylic acids is 2. The summed E-state index contributed by atoms with van der Waals surface area (Å²) in [5.74, 6) is -0.883. The summed E-state index contributed by atoms with van der Waals surface area (Å²) in [5, 5.41) is 2.95. The first-order valence-electron chi connectivity index (χ1n) is 14.7. The summed E-state index contributed by atoms with van der Waals surface area (Å²) >= 11 is 0. The summed E-state index contributed by atoms with van der Waals surface area (Å²) in [4.78, 5) is 29.2. The molecule has 43 heavy (non-hydrogen) atoms. The number of methoxy groups -OCH3 is 1. The van der Waals surface area contributed by atoms with E-state index in [9.17, 15) is 22.4 Å². The Morgan fingerprint density at radius 1 is 0.930 bits per heavy atom. The zero-order valence-corrected chi connectivity index (χ0v) is 25.4. The maximum absolute atomic E-state index is 13.8. The third-order valence-electron chi connectivity index (χ3n) is 7.62. The molecule has 10 heteroatoms.